The van der Waals surface area contributed by atoms with Crippen molar-refractivity contribution in [3.63, 3.8) is 0 Å². The van der Waals surface area contributed by atoms with Gasteiger partial charge in [0.05, 0.1) is 39.3 Å². The van der Waals surface area contributed by atoms with Crippen LogP contribution in [-0.4, -0.2) is 21.2 Å². The van der Waals surface area contributed by atoms with E-state index in [1.807, 2.05) is 6.92 Å². The molecule has 0 unspecified atom stereocenters. The van der Waals surface area contributed by atoms with Gasteiger partial charge in [0.15, 0.2) is 0 Å². The molecule has 1 aromatic heterocycles. The molecule has 0 fully saturated rings. The highest BCUT2D eigenvalue weighted by atomic mass is 35.5. The molecule has 0 saturated carbocycles. The first-order valence-electron chi connectivity index (χ1n) is 10.4. The van der Waals surface area contributed by atoms with E-state index < -0.39 is 17.7 Å². The van der Waals surface area contributed by atoms with E-state index in [0.29, 0.717) is 29.0 Å². The lowest BCUT2D eigenvalue weighted by molar-refractivity contribution is 0.0497. The van der Waals surface area contributed by atoms with Crippen LogP contribution in [0.3, 0.4) is 0 Å². The Kier molecular flexibility index (Phi) is 6.85. The summed E-state index contributed by atoms with van der Waals surface area (Å²) in [5.74, 6) is 0.340. The molecule has 0 spiro atoms. The number of hydrogen-bond acceptors (Lipinski definition) is 5. The average molecular weight is 453 g/mol. The zero-order valence-corrected chi connectivity index (χ0v) is 19.2. The molecule has 166 valence electrons. The van der Waals surface area contributed by atoms with Crippen LogP contribution in [0.4, 0.5) is 4.79 Å². The van der Waals surface area contributed by atoms with E-state index in [1.54, 1.807) is 63.2 Å². The summed E-state index contributed by atoms with van der Waals surface area (Å²) in [5, 5.41) is 12.7. The molecule has 1 atom stereocenters. The first-order valence-corrected chi connectivity index (χ1v) is 10.7. The number of benzene rings is 2. The molecule has 3 rings (SSSR count). The Labute approximate surface area is 191 Å². The van der Waals surface area contributed by atoms with Crippen LogP contribution in [0.15, 0.2) is 47.3 Å². The van der Waals surface area contributed by atoms with E-state index in [1.165, 1.54) is 4.57 Å². The van der Waals surface area contributed by atoms with Gasteiger partial charge in [0.2, 0.25) is 0 Å². The maximum absolute atomic E-state index is 13.6. The minimum absolute atomic E-state index is 0.271. The Morgan fingerprint density at radius 2 is 2.00 bits per heavy atom. The quantitative estimate of drug-likeness (QED) is 0.568. The van der Waals surface area contributed by atoms with E-state index in [4.69, 9.17) is 21.3 Å². The number of rotatable bonds is 5. The van der Waals surface area contributed by atoms with Crippen LogP contribution in [-0.2, 0) is 4.74 Å². The second-order valence-electron chi connectivity index (χ2n) is 8.39. The Morgan fingerprint density at radius 1 is 1.28 bits per heavy atom. The van der Waals surface area contributed by atoms with Crippen molar-refractivity contribution in [3.05, 3.63) is 69.2 Å². The third-order valence-electron chi connectivity index (χ3n) is 4.69. The van der Waals surface area contributed by atoms with Gasteiger partial charge in [0, 0.05) is 0 Å². The molecule has 32 heavy (non-hydrogen) atoms. The highest BCUT2D eigenvalue weighted by molar-refractivity contribution is 6.35. The van der Waals surface area contributed by atoms with Crippen molar-refractivity contribution in [2.75, 3.05) is 0 Å². The van der Waals surface area contributed by atoms with E-state index in [0.717, 1.165) is 6.42 Å². The highest BCUT2D eigenvalue weighted by Gasteiger charge is 2.25. The van der Waals surface area contributed by atoms with E-state index in [2.05, 4.69) is 11.4 Å². The molecule has 8 heteroatoms. The van der Waals surface area contributed by atoms with Crippen LogP contribution >= 0.6 is 11.6 Å². The largest absolute Gasteiger partial charge is 0.444 e. The van der Waals surface area contributed by atoms with Crippen LogP contribution < -0.4 is 10.9 Å². The molecular weight excluding hydrogens is 428 g/mol. The summed E-state index contributed by atoms with van der Waals surface area (Å²) in [6.07, 6.45) is 0.645. The lowest BCUT2D eigenvalue weighted by atomic mass is 10.1. The van der Waals surface area contributed by atoms with Gasteiger partial charge >= 0.3 is 6.09 Å². The van der Waals surface area contributed by atoms with Gasteiger partial charge < -0.3 is 10.1 Å². The number of nitrogens with zero attached hydrogens (tertiary/aromatic N) is 3. The molecule has 1 amide bonds. The molecule has 7 nitrogen and oxygen atoms in total. The number of nitrogens with one attached hydrogen (secondary N) is 1. The van der Waals surface area contributed by atoms with Gasteiger partial charge in [0.1, 0.15) is 11.4 Å². The van der Waals surface area contributed by atoms with Gasteiger partial charge in [-0.05, 0) is 57.5 Å². The topological polar surface area (TPSA) is 97.0 Å². The van der Waals surface area contributed by atoms with Gasteiger partial charge in [-0.2, -0.15) is 5.26 Å². The average Bonchev–Trinajstić information content (AvgIpc) is 2.72. The minimum atomic E-state index is -0.675. The number of alkyl carbamates (subject to hydrolysis) is 1. The number of hydrogen-bond donors (Lipinski definition) is 1. The Hall–Kier alpha value is -3.37. The molecule has 0 aliphatic heterocycles. The fourth-order valence-electron chi connectivity index (χ4n) is 3.41. The van der Waals surface area contributed by atoms with Gasteiger partial charge in [-0.1, -0.05) is 37.1 Å². The summed E-state index contributed by atoms with van der Waals surface area (Å²) in [6, 6.07) is 13.2. The van der Waals surface area contributed by atoms with Crippen LogP contribution in [0.2, 0.25) is 5.02 Å². The monoisotopic (exact) mass is 452 g/mol. The summed E-state index contributed by atoms with van der Waals surface area (Å²) in [5.41, 5.74) is 0.235. The molecule has 0 radical (unpaired) electrons. The third kappa shape index (κ3) is 5.09. The summed E-state index contributed by atoms with van der Waals surface area (Å²) in [6.45, 7) is 7.31. The zero-order valence-electron chi connectivity index (χ0n) is 18.5. The van der Waals surface area contributed by atoms with Crippen molar-refractivity contribution in [2.45, 2.75) is 52.2 Å². The smallest absolute Gasteiger partial charge is 0.408 e. The van der Waals surface area contributed by atoms with Gasteiger partial charge in [-0.15, -0.1) is 0 Å². The zero-order chi connectivity index (χ0) is 23.5. The van der Waals surface area contributed by atoms with Crippen LogP contribution in [0.25, 0.3) is 16.6 Å². The number of amides is 1. The van der Waals surface area contributed by atoms with Gasteiger partial charge in [-0.3, -0.25) is 9.36 Å². The van der Waals surface area contributed by atoms with Crippen LogP contribution in [0.1, 0.15) is 58.0 Å². The van der Waals surface area contributed by atoms with Gasteiger partial charge in [0.25, 0.3) is 5.56 Å². The lowest BCUT2D eigenvalue weighted by Crippen LogP contribution is -2.38. The highest BCUT2D eigenvalue weighted by Crippen LogP contribution is 2.25. The maximum Gasteiger partial charge on any atom is 0.408 e. The Balaban J connectivity index is 2.26. The number of carbonyl (C=O) groups is 1. The molecule has 3 aromatic rings. The second kappa shape index (κ2) is 9.41. The molecule has 0 saturated heterocycles. The first kappa shape index (κ1) is 23.3. The lowest BCUT2D eigenvalue weighted by Gasteiger charge is -2.25. The molecule has 1 heterocycles. The predicted octanol–water partition coefficient (Wildman–Crippen LogP) is 5.28. The molecular formula is C24H25ClN4O3. The first-order chi connectivity index (χ1) is 15.1. The summed E-state index contributed by atoms with van der Waals surface area (Å²) < 4.78 is 6.84. The summed E-state index contributed by atoms with van der Waals surface area (Å²) in [7, 11) is 0. The van der Waals surface area contributed by atoms with Crippen LogP contribution in [0.5, 0.6) is 0 Å². The van der Waals surface area contributed by atoms with Crippen LogP contribution in [0, 0.1) is 11.3 Å². The number of halogens is 1. The van der Waals surface area contributed by atoms with Crippen molar-refractivity contribution in [3.8, 4) is 11.8 Å². The van der Waals surface area contributed by atoms with Crippen molar-refractivity contribution in [1.82, 2.24) is 14.9 Å². The third-order valence-corrected chi connectivity index (χ3v) is 5.00. The number of ether oxygens (including phenoxy) is 1. The fraction of sp³-hybridized carbons (Fsp3) is 0.333. The van der Waals surface area contributed by atoms with Crippen molar-refractivity contribution < 1.29 is 9.53 Å². The molecule has 0 bridgehead atoms. The fourth-order valence-corrected chi connectivity index (χ4v) is 3.66. The standard InChI is InChI=1S/C24H25ClN4O3/c1-5-8-19(28-23(31)32-24(2,3)4)21-27-18-12-7-11-17(25)20(18)22(30)29(21)16-10-6-9-15(13-16)14-26/h6-7,9-13,19H,5,8H2,1-4H3,(H,28,31)/t19-/m0/s1. The normalized spacial score (nSPS) is 12.2. The number of fused-ring (bicyclic) bond motifs is 1. The molecule has 1 N–H and O–H groups in total. The molecule has 0 aliphatic carbocycles. The maximum atomic E-state index is 13.6. The van der Waals surface area contributed by atoms with Gasteiger partial charge in [-0.25, -0.2) is 9.78 Å². The van der Waals surface area contributed by atoms with E-state index in [9.17, 15) is 14.9 Å². The Morgan fingerprint density at radius 3 is 2.66 bits per heavy atom. The van der Waals surface area contributed by atoms with Crippen molar-refractivity contribution in [1.29, 1.82) is 5.26 Å². The number of carbonyl (C=O) groups excluding carboxylic acids is 1. The molecule has 0 aliphatic rings. The number of nitriles is 1. The number of aromatic nitrogens is 2. The second-order valence-corrected chi connectivity index (χ2v) is 8.80. The van der Waals surface area contributed by atoms with Crippen molar-refractivity contribution >= 4 is 28.6 Å². The Bertz CT molecular complexity index is 1250. The van der Waals surface area contributed by atoms with E-state index >= 15 is 0 Å². The SMILES string of the molecule is CCC[C@H](NC(=O)OC(C)(C)C)c1nc2cccc(Cl)c2c(=O)n1-c1cccc(C#N)c1. The summed E-state index contributed by atoms with van der Waals surface area (Å²) >= 11 is 6.33. The van der Waals surface area contributed by atoms with Crippen molar-refractivity contribution in [2.24, 2.45) is 0 Å². The minimum Gasteiger partial charge on any atom is -0.444 e. The summed E-state index contributed by atoms with van der Waals surface area (Å²) in [4.78, 5) is 30.9. The predicted molar refractivity (Wildman–Crippen MR) is 124 cm³/mol. The van der Waals surface area contributed by atoms with E-state index in [-0.39, 0.29) is 16.0 Å². The molecule has 2 aromatic carbocycles.